The molecule has 2 aromatic rings. The molecule has 5 nitrogen and oxygen atoms in total. The molecule has 1 aromatic heterocycles. The van der Waals surface area contributed by atoms with Gasteiger partial charge in [0, 0.05) is 4.47 Å². The SMILES string of the molecule is CCCOc1ncnc(Nc2cc(F)ccc2Br)c1N. The Balaban J connectivity index is 2.27. The predicted octanol–water partition coefficient (Wildman–Crippen LogP) is 3.49. The molecule has 3 N–H and O–H groups in total. The molecule has 0 fully saturated rings. The molecule has 0 spiro atoms. The van der Waals surface area contributed by atoms with E-state index in [-0.39, 0.29) is 11.5 Å². The first kappa shape index (κ1) is 14.5. The van der Waals surface area contributed by atoms with Gasteiger partial charge in [-0.3, -0.25) is 0 Å². The minimum atomic E-state index is -0.356. The largest absolute Gasteiger partial charge is 0.476 e. The Hall–Kier alpha value is -1.89. The lowest BCUT2D eigenvalue weighted by atomic mass is 10.3. The van der Waals surface area contributed by atoms with Gasteiger partial charge >= 0.3 is 0 Å². The van der Waals surface area contributed by atoms with Crippen molar-refractivity contribution in [3.8, 4) is 5.88 Å². The van der Waals surface area contributed by atoms with Gasteiger partial charge in [-0.1, -0.05) is 6.92 Å². The summed E-state index contributed by atoms with van der Waals surface area (Å²) in [4.78, 5) is 8.02. The second-order valence-corrected chi connectivity index (χ2v) is 4.89. The summed E-state index contributed by atoms with van der Waals surface area (Å²) in [6.45, 7) is 2.50. The van der Waals surface area contributed by atoms with Gasteiger partial charge in [-0.2, -0.15) is 4.98 Å². The highest BCUT2D eigenvalue weighted by Crippen LogP contribution is 2.31. The molecule has 0 saturated heterocycles. The van der Waals surface area contributed by atoms with Crippen LogP contribution in [0.15, 0.2) is 29.0 Å². The van der Waals surface area contributed by atoms with Crippen LogP contribution >= 0.6 is 15.9 Å². The topological polar surface area (TPSA) is 73.1 Å². The molecule has 0 unspecified atom stereocenters. The smallest absolute Gasteiger partial charge is 0.242 e. The van der Waals surface area contributed by atoms with Crippen LogP contribution in [0, 0.1) is 5.82 Å². The molecule has 1 heterocycles. The van der Waals surface area contributed by atoms with Gasteiger partial charge < -0.3 is 15.8 Å². The van der Waals surface area contributed by atoms with E-state index in [9.17, 15) is 4.39 Å². The molecule has 1 aromatic carbocycles. The lowest BCUT2D eigenvalue weighted by molar-refractivity contribution is 0.307. The van der Waals surface area contributed by atoms with Crippen molar-refractivity contribution in [2.45, 2.75) is 13.3 Å². The normalized spacial score (nSPS) is 10.3. The van der Waals surface area contributed by atoms with Crippen LogP contribution in [-0.4, -0.2) is 16.6 Å². The molecule has 0 amide bonds. The van der Waals surface area contributed by atoms with Gasteiger partial charge in [-0.05, 0) is 40.5 Å². The van der Waals surface area contributed by atoms with Crippen molar-refractivity contribution in [3.63, 3.8) is 0 Å². The number of nitrogens with zero attached hydrogens (tertiary/aromatic N) is 2. The Kier molecular flexibility index (Phi) is 4.73. The second-order valence-electron chi connectivity index (χ2n) is 4.04. The number of nitrogens with two attached hydrogens (primary N) is 1. The van der Waals surface area contributed by atoms with Crippen LogP contribution < -0.4 is 15.8 Å². The summed E-state index contributed by atoms with van der Waals surface area (Å²) < 4.78 is 19.4. The number of nitrogen functional groups attached to an aromatic ring is 1. The highest BCUT2D eigenvalue weighted by atomic mass is 79.9. The maximum atomic E-state index is 13.2. The van der Waals surface area contributed by atoms with Crippen molar-refractivity contribution in [2.24, 2.45) is 0 Å². The number of aromatic nitrogens is 2. The number of hydrogen-bond donors (Lipinski definition) is 2. The number of benzene rings is 1. The highest BCUT2D eigenvalue weighted by molar-refractivity contribution is 9.10. The van der Waals surface area contributed by atoms with E-state index in [1.54, 1.807) is 6.07 Å². The van der Waals surface area contributed by atoms with E-state index >= 15 is 0 Å². The van der Waals surface area contributed by atoms with Crippen LogP contribution in [0.25, 0.3) is 0 Å². The third-order valence-corrected chi connectivity index (χ3v) is 3.16. The summed E-state index contributed by atoms with van der Waals surface area (Å²) >= 11 is 3.33. The van der Waals surface area contributed by atoms with Crippen molar-refractivity contribution in [3.05, 3.63) is 34.8 Å². The van der Waals surface area contributed by atoms with Gasteiger partial charge in [0.05, 0.1) is 12.3 Å². The fourth-order valence-electron chi connectivity index (χ4n) is 1.51. The van der Waals surface area contributed by atoms with Gasteiger partial charge in [-0.25, -0.2) is 9.37 Å². The fourth-order valence-corrected chi connectivity index (χ4v) is 1.86. The lowest BCUT2D eigenvalue weighted by Gasteiger charge is -2.12. The Morgan fingerprint density at radius 3 is 2.95 bits per heavy atom. The molecule has 0 aliphatic heterocycles. The number of rotatable bonds is 5. The van der Waals surface area contributed by atoms with Crippen molar-refractivity contribution >= 4 is 33.1 Å². The van der Waals surface area contributed by atoms with E-state index in [0.717, 1.165) is 6.42 Å². The standard InChI is InChI=1S/C13H14BrFN4O/c1-2-5-20-13-11(16)12(17-7-18-13)19-10-6-8(15)3-4-9(10)14/h3-4,6-7H,2,5,16H2,1H3,(H,17,18,19). The van der Waals surface area contributed by atoms with Crippen LogP contribution in [0.5, 0.6) is 5.88 Å². The van der Waals surface area contributed by atoms with E-state index in [1.807, 2.05) is 6.92 Å². The third-order valence-electron chi connectivity index (χ3n) is 2.47. The summed E-state index contributed by atoms with van der Waals surface area (Å²) in [6, 6.07) is 4.30. The van der Waals surface area contributed by atoms with E-state index < -0.39 is 0 Å². The summed E-state index contributed by atoms with van der Waals surface area (Å²) in [5.41, 5.74) is 6.75. The molecule has 0 radical (unpaired) electrons. The first-order valence-electron chi connectivity index (χ1n) is 6.07. The molecule has 20 heavy (non-hydrogen) atoms. The molecule has 0 saturated carbocycles. The van der Waals surface area contributed by atoms with Crippen LogP contribution in [0.2, 0.25) is 0 Å². The zero-order valence-electron chi connectivity index (χ0n) is 10.9. The molecule has 0 aliphatic rings. The molecular weight excluding hydrogens is 327 g/mol. The number of hydrogen-bond acceptors (Lipinski definition) is 5. The Morgan fingerprint density at radius 1 is 1.40 bits per heavy atom. The summed E-state index contributed by atoms with van der Waals surface area (Å²) in [7, 11) is 0. The molecule has 106 valence electrons. The van der Waals surface area contributed by atoms with E-state index in [1.165, 1.54) is 18.5 Å². The van der Waals surface area contributed by atoms with Gasteiger partial charge in [0.2, 0.25) is 5.88 Å². The van der Waals surface area contributed by atoms with Crippen molar-refractivity contribution in [2.75, 3.05) is 17.7 Å². The Bertz CT molecular complexity index is 609. The van der Waals surface area contributed by atoms with E-state index in [2.05, 4.69) is 31.2 Å². The molecule has 2 rings (SSSR count). The average Bonchev–Trinajstić information content (AvgIpc) is 2.44. The monoisotopic (exact) mass is 340 g/mol. The minimum absolute atomic E-state index is 0.289. The first-order chi connectivity index (χ1) is 9.61. The maximum absolute atomic E-state index is 13.2. The average molecular weight is 341 g/mol. The van der Waals surface area contributed by atoms with Gasteiger partial charge in [0.15, 0.2) is 5.82 Å². The molecule has 0 aliphatic carbocycles. The van der Waals surface area contributed by atoms with Crippen LogP contribution in [0.1, 0.15) is 13.3 Å². The zero-order valence-corrected chi connectivity index (χ0v) is 12.4. The number of nitrogens with one attached hydrogen (secondary N) is 1. The van der Waals surface area contributed by atoms with Gasteiger partial charge in [-0.15, -0.1) is 0 Å². The first-order valence-corrected chi connectivity index (χ1v) is 6.86. The maximum Gasteiger partial charge on any atom is 0.242 e. The minimum Gasteiger partial charge on any atom is -0.476 e. The third kappa shape index (κ3) is 3.36. The zero-order chi connectivity index (χ0) is 14.5. The van der Waals surface area contributed by atoms with Gasteiger partial charge in [0.25, 0.3) is 0 Å². The van der Waals surface area contributed by atoms with E-state index in [0.29, 0.717) is 28.5 Å². The van der Waals surface area contributed by atoms with Crippen molar-refractivity contribution < 1.29 is 9.13 Å². The van der Waals surface area contributed by atoms with Crippen molar-refractivity contribution in [1.82, 2.24) is 9.97 Å². The summed E-state index contributed by atoms with van der Waals surface area (Å²) in [6.07, 6.45) is 2.19. The fraction of sp³-hybridized carbons (Fsp3) is 0.231. The molecule has 7 heteroatoms. The van der Waals surface area contributed by atoms with Crippen molar-refractivity contribution in [1.29, 1.82) is 0 Å². The Morgan fingerprint density at radius 2 is 2.20 bits per heavy atom. The van der Waals surface area contributed by atoms with Crippen LogP contribution in [-0.2, 0) is 0 Å². The number of anilines is 3. The Labute approximate surface area is 124 Å². The molecule has 0 atom stereocenters. The summed E-state index contributed by atoms with van der Waals surface area (Å²) in [5.74, 6) is 0.333. The molecule has 0 bridgehead atoms. The lowest BCUT2D eigenvalue weighted by Crippen LogP contribution is -2.06. The van der Waals surface area contributed by atoms with E-state index in [4.69, 9.17) is 10.5 Å². The van der Waals surface area contributed by atoms with Crippen LogP contribution in [0.4, 0.5) is 21.6 Å². The molecular formula is C13H14BrFN4O. The quantitative estimate of drug-likeness (QED) is 0.871. The van der Waals surface area contributed by atoms with Gasteiger partial charge in [0.1, 0.15) is 17.8 Å². The van der Waals surface area contributed by atoms with Crippen LogP contribution in [0.3, 0.4) is 0 Å². The highest BCUT2D eigenvalue weighted by Gasteiger charge is 2.11. The second kappa shape index (κ2) is 6.51. The number of halogens is 2. The predicted molar refractivity (Wildman–Crippen MR) is 79.6 cm³/mol. The summed E-state index contributed by atoms with van der Waals surface area (Å²) in [5, 5.41) is 2.96. The number of ether oxygens (including phenoxy) is 1.